The average molecular weight is 340 g/mol. The zero-order valence-corrected chi connectivity index (χ0v) is 14.2. The molecule has 0 saturated heterocycles. The Hall–Kier alpha value is -2.14. The molecular weight excluding hydrogens is 320 g/mol. The lowest BCUT2D eigenvalue weighted by atomic mass is 9.96. The van der Waals surface area contributed by atoms with Crippen molar-refractivity contribution < 1.29 is 9.59 Å². The fraction of sp³-hybridized carbons (Fsp3) is 0.368. The minimum Gasteiger partial charge on any atom is -0.350 e. The van der Waals surface area contributed by atoms with Crippen LogP contribution in [-0.2, 0) is 10.2 Å². The van der Waals surface area contributed by atoms with Gasteiger partial charge in [-0.2, -0.15) is 0 Å². The van der Waals surface area contributed by atoms with Gasteiger partial charge in [-0.05, 0) is 43.4 Å². The number of hydrogen-bond donors (Lipinski definition) is 2. The number of anilines is 1. The van der Waals surface area contributed by atoms with Crippen LogP contribution in [0.5, 0.6) is 0 Å². The highest BCUT2D eigenvalue weighted by Crippen LogP contribution is 2.47. The summed E-state index contributed by atoms with van der Waals surface area (Å²) in [7, 11) is 0. The van der Waals surface area contributed by atoms with E-state index in [2.05, 4.69) is 22.8 Å². The maximum Gasteiger partial charge on any atom is 0.261 e. The van der Waals surface area contributed by atoms with Gasteiger partial charge in [0.05, 0.1) is 9.88 Å². The van der Waals surface area contributed by atoms with Gasteiger partial charge in [-0.1, -0.05) is 30.3 Å². The third-order valence-corrected chi connectivity index (χ3v) is 5.85. The van der Waals surface area contributed by atoms with Crippen molar-refractivity contribution in [3.8, 4) is 0 Å². The quantitative estimate of drug-likeness (QED) is 0.845. The van der Waals surface area contributed by atoms with Crippen LogP contribution in [0.4, 0.5) is 5.00 Å². The zero-order valence-electron chi connectivity index (χ0n) is 13.4. The van der Waals surface area contributed by atoms with Crippen LogP contribution in [0.15, 0.2) is 42.5 Å². The molecule has 2 aliphatic rings. The van der Waals surface area contributed by atoms with Gasteiger partial charge in [0.25, 0.3) is 5.91 Å². The van der Waals surface area contributed by atoms with Gasteiger partial charge in [-0.15, -0.1) is 11.3 Å². The predicted molar refractivity (Wildman–Crippen MR) is 95.4 cm³/mol. The SMILES string of the molecule is O=C(NCC1(c2ccccc2)CC1)c1ccc(NC(=O)C2CC2)s1. The lowest BCUT2D eigenvalue weighted by Crippen LogP contribution is -2.31. The first-order valence-corrected chi connectivity index (χ1v) is 9.22. The Balaban J connectivity index is 1.35. The van der Waals surface area contributed by atoms with Crippen LogP contribution >= 0.6 is 11.3 Å². The Morgan fingerprint density at radius 2 is 1.83 bits per heavy atom. The molecule has 0 radical (unpaired) electrons. The Bertz CT molecular complexity index is 761. The summed E-state index contributed by atoms with van der Waals surface area (Å²) in [4.78, 5) is 24.8. The van der Waals surface area contributed by atoms with E-state index in [-0.39, 0.29) is 23.1 Å². The van der Waals surface area contributed by atoms with Crippen molar-refractivity contribution in [2.45, 2.75) is 31.1 Å². The smallest absolute Gasteiger partial charge is 0.261 e. The molecule has 2 aliphatic carbocycles. The molecule has 2 fully saturated rings. The lowest BCUT2D eigenvalue weighted by Gasteiger charge is -2.16. The van der Waals surface area contributed by atoms with E-state index in [0.717, 1.165) is 30.7 Å². The highest BCUT2D eigenvalue weighted by atomic mass is 32.1. The molecule has 4 nitrogen and oxygen atoms in total. The van der Waals surface area contributed by atoms with E-state index in [1.807, 2.05) is 24.3 Å². The van der Waals surface area contributed by atoms with Gasteiger partial charge in [0.15, 0.2) is 0 Å². The summed E-state index contributed by atoms with van der Waals surface area (Å²) in [6.45, 7) is 0.664. The third kappa shape index (κ3) is 3.22. The third-order valence-electron chi connectivity index (χ3n) is 4.85. The number of hydrogen-bond acceptors (Lipinski definition) is 3. The first-order chi connectivity index (χ1) is 11.7. The summed E-state index contributed by atoms with van der Waals surface area (Å²) in [6.07, 6.45) is 4.19. The fourth-order valence-corrected chi connectivity index (χ4v) is 3.77. The number of nitrogens with one attached hydrogen (secondary N) is 2. The average Bonchev–Trinajstić information content (AvgIpc) is 3.52. The maximum atomic E-state index is 12.4. The zero-order chi connectivity index (χ0) is 16.6. The van der Waals surface area contributed by atoms with Crippen LogP contribution in [0, 0.1) is 5.92 Å². The van der Waals surface area contributed by atoms with E-state index in [0.29, 0.717) is 11.4 Å². The molecule has 2 N–H and O–H groups in total. The Labute approximate surface area is 145 Å². The van der Waals surface area contributed by atoms with Crippen LogP contribution in [-0.4, -0.2) is 18.4 Å². The summed E-state index contributed by atoms with van der Waals surface area (Å²) >= 11 is 1.34. The van der Waals surface area contributed by atoms with E-state index in [1.165, 1.54) is 16.9 Å². The second kappa shape index (κ2) is 6.06. The van der Waals surface area contributed by atoms with Gasteiger partial charge in [-0.25, -0.2) is 0 Å². The minimum atomic E-state index is -0.0610. The highest BCUT2D eigenvalue weighted by molar-refractivity contribution is 7.18. The molecule has 0 bridgehead atoms. The molecule has 2 aromatic rings. The molecule has 24 heavy (non-hydrogen) atoms. The van der Waals surface area contributed by atoms with Crippen LogP contribution in [0.3, 0.4) is 0 Å². The van der Waals surface area contributed by atoms with Gasteiger partial charge < -0.3 is 10.6 Å². The fourth-order valence-electron chi connectivity index (χ4n) is 2.94. The van der Waals surface area contributed by atoms with Crippen LogP contribution in [0.2, 0.25) is 0 Å². The molecule has 5 heteroatoms. The van der Waals surface area contributed by atoms with E-state index >= 15 is 0 Å². The predicted octanol–water partition coefficient (Wildman–Crippen LogP) is 3.56. The van der Waals surface area contributed by atoms with Crippen molar-refractivity contribution in [1.29, 1.82) is 0 Å². The number of rotatable bonds is 6. The second-order valence-corrected chi connectivity index (χ2v) is 7.84. The number of thiophene rings is 1. The molecule has 124 valence electrons. The maximum absolute atomic E-state index is 12.4. The number of benzene rings is 1. The molecule has 4 rings (SSSR count). The summed E-state index contributed by atoms with van der Waals surface area (Å²) in [5, 5.41) is 6.70. The summed E-state index contributed by atoms with van der Waals surface area (Å²) in [6, 6.07) is 14.0. The molecule has 0 spiro atoms. The molecule has 1 aromatic heterocycles. The summed E-state index contributed by atoms with van der Waals surface area (Å²) in [5.41, 5.74) is 1.41. The van der Waals surface area contributed by atoms with Gasteiger partial charge >= 0.3 is 0 Å². The molecule has 0 unspecified atom stereocenters. The van der Waals surface area contributed by atoms with E-state index in [9.17, 15) is 9.59 Å². The van der Waals surface area contributed by atoms with Crippen LogP contribution in [0.25, 0.3) is 0 Å². The van der Waals surface area contributed by atoms with Crippen molar-refractivity contribution >= 4 is 28.2 Å². The highest BCUT2D eigenvalue weighted by Gasteiger charge is 2.44. The molecule has 1 aromatic carbocycles. The molecule has 2 amide bonds. The van der Waals surface area contributed by atoms with Crippen molar-refractivity contribution in [1.82, 2.24) is 5.32 Å². The van der Waals surface area contributed by atoms with Crippen LogP contribution < -0.4 is 10.6 Å². The van der Waals surface area contributed by atoms with E-state index in [4.69, 9.17) is 0 Å². The van der Waals surface area contributed by atoms with Gasteiger partial charge in [0.2, 0.25) is 5.91 Å². The monoisotopic (exact) mass is 340 g/mol. The molecule has 0 aliphatic heterocycles. The van der Waals surface area contributed by atoms with Crippen molar-refractivity contribution in [2.24, 2.45) is 5.92 Å². The molecule has 1 heterocycles. The van der Waals surface area contributed by atoms with Gasteiger partial charge in [0, 0.05) is 17.9 Å². The summed E-state index contributed by atoms with van der Waals surface area (Å²) in [5.74, 6) is 0.184. The largest absolute Gasteiger partial charge is 0.350 e. The lowest BCUT2D eigenvalue weighted by molar-refractivity contribution is -0.117. The topological polar surface area (TPSA) is 58.2 Å². The molecular formula is C19H20N2O2S. The standard InChI is InChI=1S/C19H20N2O2S/c22-17(13-6-7-13)21-16-9-8-15(24-16)18(23)20-12-19(10-11-19)14-4-2-1-3-5-14/h1-5,8-9,13H,6-7,10-12H2,(H,20,23)(H,21,22). The number of amides is 2. The second-order valence-electron chi connectivity index (χ2n) is 6.76. The first-order valence-electron chi connectivity index (χ1n) is 8.41. The van der Waals surface area contributed by atoms with Crippen molar-refractivity contribution in [3.63, 3.8) is 0 Å². The van der Waals surface area contributed by atoms with E-state index < -0.39 is 0 Å². The number of carbonyl (C=O) groups excluding carboxylic acids is 2. The summed E-state index contributed by atoms with van der Waals surface area (Å²) < 4.78 is 0. The molecule has 0 atom stereocenters. The van der Waals surface area contributed by atoms with Gasteiger partial charge in [0.1, 0.15) is 0 Å². The van der Waals surface area contributed by atoms with E-state index in [1.54, 1.807) is 6.07 Å². The van der Waals surface area contributed by atoms with Crippen molar-refractivity contribution in [3.05, 3.63) is 52.9 Å². The number of carbonyl (C=O) groups is 2. The minimum absolute atomic E-state index is 0.0610. The van der Waals surface area contributed by atoms with Crippen molar-refractivity contribution in [2.75, 3.05) is 11.9 Å². The normalized spacial score (nSPS) is 18.0. The first kappa shape index (κ1) is 15.4. The Kier molecular flexibility index (Phi) is 3.88. The Morgan fingerprint density at radius 1 is 1.08 bits per heavy atom. The Morgan fingerprint density at radius 3 is 2.50 bits per heavy atom. The van der Waals surface area contributed by atoms with Gasteiger partial charge in [-0.3, -0.25) is 9.59 Å². The van der Waals surface area contributed by atoms with Crippen LogP contribution in [0.1, 0.15) is 40.9 Å². The molecule has 2 saturated carbocycles.